The highest BCUT2D eigenvalue weighted by molar-refractivity contribution is 5.93. The molecule has 102 valence electrons. The first kappa shape index (κ1) is 13.5. The fourth-order valence-electron chi connectivity index (χ4n) is 2.46. The molecular formula is C14H18N2O3. The van der Waals surface area contributed by atoms with E-state index in [9.17, 15) is 14.9 Å². The summed E-state index contributed by atoms with van der Waals surface area (Å²) >= 11 is 0. The Morgan fingerprint density at radius 3 is 2.63 bits per heavy atom. The van der Waals surface area contributed by atoms with E-state index in [2.05, 4.69) is 5.32 Å². The first-order valence-electron chi connectivity index (χ1n) is 6.64. The minimum Gasteiger partial charge on any atom is -0.325 e. The van der Waals surface area contributed by atoms with Crippen molar-refractivity contribution in [3.8, 4) is 0 Å². The maximum Gasteiger partial charge on any atom is 0.271 e. The van der Waals surface area contributed by atoms with E-state index in [1.54, 1.807) is 6.07 Å². The molecule has 0 unspecified atom stereocenters. The van der Waals surface area contributed by atoms with E-state index in [4.69, 9.17) is 0 Å². The van der Waals surface area contributed by atoms with Gasteiger partial charge < -0.3 is 5.32 Å². The third kappa shape index (κ3) is 3.30. The second-order valence-corrected chi connectivity index (χ2v) is 5.08. The molecule has 5 nitrogen and oxygen atoms in total. The normalized spacial score (nSPS) is 16.1. The number of hydrogen-bond acceptors (Lipinski definition) is 3. The van der Waals surface area contributed by atoms with E-state index in [1.807, 2.05) is 6.92 Å². The summed E-state index contributed by atoms with van der Waals surface area (Å²) in [5, 5.41) is 13.6. The van der Waals surface area contributed by atoms with Crippen LogP contribution in [0.2, 0.25) is 0 Å². The Labute approximate surface area is 112 Å². The van der Waals surface area contributed by atoms with E-state index in [-0.39, 0.29) is 17.5 Å². The molecule has 0 atom stereocenters. The van der Waals surface area contributed by atoms with Crippen LogP contribution in [-0.2, 0) is 4.79 Å². The van der Waals surface area contributed by atoms with Crippen LogP contribution in [0, 0.1) is 23.0 Å². The number of benzene rings is 1. The molecular weight excluding hydrogens is 244 g/mol. The number of nitrogens with zero attached hydrogens (tertiary/aromatic N) is 1. The number of hydrogen-bond donors (Lipinski definition) is 1. The SMILES string of the molecule is Cc1ccc([N+](=O)[O-])cc1NC(=O)C1CCCCC1. The minimum atomic E-state index is -0.449. The molecule has 0 aliphatic heterocycles. The summed E-state index contributed by atoms with van der Waals surface area (Å²) in [6, 6.07) is 4.54. The van der Waals surface area contributed by atoms with Gasteiger partial charge in [-0.3, -0.25) is 14.9 Å². The molecule has 1 fully saturated rings. The number of carbonyl (C=O) groups excluding carboxylic acids is 1. The summed E-state index contributed by atoms with van der Waals surface area (Å²) in [7, 11) is 0. The lowest BCUT2D eigenvalue weighted by atomic mass is 9.88. The highest BCUT2D eigenvalue weighted by Crippen LogP contribution is 2.27. The number of nitro groups is 1. The summed E-state index contributed by atoms with van der Waals surface area (Å²) in [6.45, 7) is 1.83. The molecule has 1 aromatic rings. The first-order valence-corrected chi connectivity index (χ1v) is 6.64. The van der Waals surface area contributed by atoms with Gasteiger partial charge in [0.05, 0.1) is 10.6 Å². The molecule has 0 radical (unpaired) electrons. The van der Waals surface area contributed by atoms with Crippen LogP contribution in [0.4, 0.5) is 11.4 Å². The summed E-state index contributed by atoms with van der Waals surface area (Å²) in [4.78, 5) is 22.4. The molecule has 0 saturated heterocycles. The van der Waals surface area contributed by atoms with E-state index in [0.717, 1.165) is 31.2 Å². The van der Waals surface area contributed by atoms with Gasteiger partial charge in [-0.15, -0.1) is 0 Å². The largest absolute Gasteiger partial charge is 0.325 e. The lowest BCUT2D eigenvalue weighted by molar-refractivity contribution is -0.384. The lowest BCUT2D eigenvalue weighted by Gasteiger charge is -2.21. The Hall–Kier alpha value is -1.91. The molecule has 5 heteroatoms. The Bertz CT molecular complexity index is 493. The van der Waals surface area contributed by atoms with E-state index < -0.39 is 4.92 Å². The number of non-ortho nitro benzene ring substituents is 1. The molecule has 0 spiro atoms. The van der Waals surface area contributed by atoms with Crippen molar-refractivity contribution >= 4 is 17.3 Å². The topological polar surface area (TPSA) is 72.2 Å². The smallest absolute Gasteiger partial charge is 0.271 e. The summed E-state index contributed by atoms with van der Waals surface area (Å²) in [5.74, 6) is 0.0377. The van der Waals surface area contributed by atoms with Gasteiger partial charge >= 0.3 is 0 Å². The molecule has 1 aliphatic carbocycles. The highest BCUT2D eigenvalue weighted by atomic mass is 16.6. The van der Waals surface area contributed by atoms with Crippen LogP contribution in [0.3, 0.4) is 0 Å². The van der Waals surface area contributed by atoms with Crippen molar-refractivity contribution in [2.75, 3.05) is 5.32 Å². The van der Waals surface area contributed by atoms with Gasteiger partial charge in [0.2, 0.25) is 5.91 Å². The molecule has 1 aromatic carbocycles. The van der Waals surface area contributed by atoms with Crippen LogP contribution in [0.5, 0.6) is 0 Å². The number of nitro benzene ring substituents is 1. The maximum atomic E-state index is 12.1. The van der Waals surface area contributed by atoms with Crippen LogP contribution in [-0.4, -0.2) is 10.8 Å². The Morgan fingerprint density at radius 1 is 1.32 bits per heavy atom. The number of aryl methyl sites for hydroxylation is 1. The number of nitrogens with one attached hydrogen (secondary N) is 1. The second-order valence-electron chi connectivity index (χ2n) is 5.08. The summed E-state index contributed by atoms with van der Waals surface area (Å²) < 4.78 is 0. The summed E-state index contributed by atoms with van der Waals surface area (Å²) in [5.41, 5.74) is 1.39. The van der Waals surface area contributed by atoms with Gasteiger partial charge in [0.1, 0.15) is 0 Å². The molecule has 1 N–H and O–H groups in total. The van der Waals surface area contributed by atoms with Gasteiger partial charge in [-0.25, -0.2) is 0 Å². The Morgan fingerprint density at radius 2 is 2.00 bits per heavy atom. The van der Waals surface area contributed by atoms with Gasteiger partial charge in [0.25, 0.3) is 5.69 Å². The van der Waals surface area contributed by atoms with Crippen molar-refractivity contribution in [3.63, 3.8) is 0 Å². The predicted octanol–water partition coefficient (Wildman–Crippen LogP) is 3.42. The standard InChI is InChI=1S/C14H18N2O3/c1-10-7-8-12(16(18)19)9-13(10)15-14(17)11-5-3-2-4-6-11/h7-9,11H,2-6H2,1H3,(H,15,17). The van der Waals surface area contributed by atoms with Crippen molar-refractivity contribution in [1.82, 2.24) is 0 Å². The second kappa shape index (κ2) is 5.82. The molecule has 1 amide bonds. The molecule has 1 saturated carbocycles. The fourth-order valence-corrected chi connectivity index (χ4v) is 2.46. The van der Waals surface area contributed by atoms with Crippen molar-refractivity contribution in [1.29, 1.82) is 0 Å². The molecule has 0 aromatic heterocycles. The average Bonchev–Trinajstić information content (AvgIpc) is 2.42. The Kier molecular flexibility index (Phi) is 4.14. The van der Waals surface area contributed by atoms with Crippen LogP contribution in [0.1, 0.15) is 37.7 Å². The van der Waals surface area contributed by atoms with Crippen molar-refractivity contribution in [3.05, 3.63) is 33.9 Å². The van der Waals surface area contributed by atoms with Gasteiger partial charge in [-0.1, -0.05) is 25.3 Å². The summed E-state index contributed by atoms with van der Waals surface area (Å²) in [6.07, 6.45) is 5.21. The molecule has 0 heterocycles. The average molecular weight is 262 g/mol. The number of anilines is 1. The van der Waals surface area contributed by atoms with Crippen LogP contribution < -0.4 is 5.32 Å². The van der Waals surface area contributed by atoms with E-state index in [1.165, 1.54) is 18.6 Å². The molecule has 19 heavy (non-hydrogen) atoms. The maximum absolute atomic E-state index is 12.1. The molecule has 1 aliphatic rings. The van der Waals surface area contributed by atoms with Gasteiger partial charge in [0, 0.05) is 18.1 Å². The van der Waals surface area contributed by atoms with Gasteiger partial charge in [-0.05, 0) is 25.3 Å². The zero-order chi connectivity index (χ0) is 13.8. The third-order valence-corrected chi connectivity index (χ3v) is 3.67. The van der Waals surface area contributed by atoms with Gasteiger partial charge in [-0.2, -0.15) is 0 Å². The van der Waals surface area contributed by atoms with E-state index in [0.29, 0.717) is 5.69 Å². The monoisotopic (exact) mass is 262 g/mol. The highest BCUT2D eigenvalue weighted by Gasteiger charge is 2.22. The fraction of sp³-hybridized carbons (Fsp3) is 0.500. The minimum absolute atomic E-state index is 0.00421. The number of rotatable bonds is 3. The van der Waals surface area contributed by atoms with Crippen molar-refractivity contribution in [2.24, 2.45) is 5.92 Å². The zero-order valence-electron chi connectivity index (χ0n) is 11.0. The van der Waals surface area contributed by atoms with Crippen LogP contribution >= 0.6 is 0 Å². The van der Waals surface area contributed by atoms with E-state index >= 15 is 0 Å². The zero-order valence-corrected chi connectivity index (χ0v) is 11.0. The lowest BCUT2D eigenvalue weighted by Crippen LogP contribution is -2.25. The number of carbonyl (C=O) groups is 1. The first-order chi connectivity index (χ1) is 9.08. The molecule has 0 bridgehead atoms. The Balaban J connectivity index is 2.11. The van der Waals surface area contributed by atoms with Crippen molar-refractivity contribution in [2.45, 2.75) is 39.0 Å². The number of amides is 1. The molecule has 2 rings (SSSR count). The quantitative estimate of drug-likeness (QED) is 0.670. The van der Waals surface area contributed by atoms with Crippen molar-refractivity contribution < 1.29 is 9.72 Å². The van der Waals surface area contributed by atoms with Crippen LogP contribution in [0.15, 0.2) is 18.2 Å². The van der Waals surface area contributed by atoms with Gasteiger partial charge in [0.15, 0.2) is 0 Å². The third-order valence-electron chi connectivity index (χ3n) is 3.67. The predicted molar refractivity (Wildman–Crippen MR) is 73.0 cm³/mol. The van der Waals surface area contributed by atoms with Crippen LogP contribution in [0.25, 0.3) is 0 Å².